The van der Waals surface area contributed by atoms with E-state index in [4.69, 9.17) is 0 Å². The highest BCUT2D eigenvalue weighted by molar-refractivity contribution is 5.95. The zero-order valence-corrected chi connectivity index (χ0v) is 16.0. The molecule has 0 atom stereocenters. The smallest absolute Gasteiger partial charge is 0.272 e. The molecule has 1 aromatic carbocycles. The van der Waals surface area contributed by atoms with Crippen LogP contribution in [0.3, 0.4) is 0 Å². The molecule has 0 radical (unpaired) electrons. The lowest BCUT2D eigenvalue weighted by Crippen LogP contribution is -2.52. The maximum Gasteiger partial charge on any atom is 0.272 e. The standard InChI is InChI=1S/C20H26N4O2/c1-5-24-18(11-16(4)21-24)20(26)23-7-6-22(19(25)13-23)12-17-9-14(2)8-15(3)10-17/h8-11H,5-7,12-13H2,1-4H3. The molecule has 2 aromatic rings. The van der Waals surface area contributed by atoms with Crippen molar-refractivity contribution in [2.24, 2.45) is 0 Å². The normalized spacial score (nSPS) is 14.8. The second-order valence-corrected chi connectivity index (χ2v) is 7.02. The molecular weight excluding hydrogens is 328 g/mol. The highest BCUT2D eigenvalue weighted by Gasteiger charge is 2.29. The van der Waals surface area contributed by atoms with Crippen molar-refractivity contribution in [1.82, 2.24) is 19.6 Å². The van der Waals surface area contributed by atoms with Crippen molar-refractivity contribution in [3.8, 4) is 0 Å². The van der Waals surface area contributed by atoms with E-state index < -0.39 is 0 Å². The van der Waals surface area contributed by atoms with Crippen LogP contribution in [0.4, 0.5) is 0 Å². The first kappa shape index (κ1) is 18.2. The van der Waals surface area contributed by atoms with Gasteiger partial charge < -0.3 is 9.80 Å². The van der Waals surface area contributed by atoms with Crippen LogP contribution in [0.2, 0.25) is 0 Å². The van der Waals surface area contributed by atoms with Gasteiger partial charge in [0.05, 0.1) is 5.69 Å². The van der Waals surface area contributed by atoms with E-state index in [0.29, 0.717) is 31.9 Å². The molecule has 26 heavy (non-hydrogen) atoms. The molecule has 0 N–H and O–H groups in total. The third-order valence-corrected chi connectivity index (χ3v) is 4.68. The number of nitrogens with zero attached hydrogens (tertiary/aromatic N) is 4. The molecule has 0 aliphatic carbocycles. The summed E-state index contributed by atoms with van der Waals surface area (Å²) in [6, 6.07) is 8.14. The maximum atomic E-state index is 12.8. The molecule has 0 spiro atoms. The number of hydrogen-bond acceptors (Lipinski definition) is 3. The topological polar surface area (TPSA) is 58.4 Å². The van der Waals surface area contributed by atoms with Gasteiger partial charge in [-0.1, -0.05) is 29.3 Å². The molecule has 0 bridgehead atoms. The van der Waals surface area contributed by atoms with E-state index in [1.54, 1.807) is 15.6 Å². The Kier molecular flexibility index (Phi) is 5.11. The van der Waals surface area contributed by atoms with E-state index in [1.807, 2.05) is 18.7 Å². The molecule has 138 valence electrons. The van der Waals surface area contributed by atoms with Gasteiger partial charge in [0.2, 0.25) is 5.91 Å². The average molecular weight is 354 g/mol. The van der Waals surface area contributed by atoms with Gasteiger partial charge >= 0.3 is 0 Å². The largest absolute Gasteiger partial charge is 0.335 e. The van der Waals surface area contributed by atoms with Crippen LogP contribution in [0, 0.1) is 20.8 Å². The van der Waals surface area contributed by atoms with Crippen LogP contribution in [0.15, 0.2) is 24.3 Å². The lowest BCUT2D eigenvalue weighted by Gasteiger charge is -2.34. The summed E-state index contributed by atoms with van der Waals surface area (Å²) in [5.74, 6) is -0.130. The number of benzene rings is 1. The third kappa shape index (κ3) is 3.79. The summed E-state index contributed by atoms with van der Waals surface area (Å²) in [7, 11) is 0. The van der Waals surface area contributed by atoms with Crippen LogP contribution in [0.25, 0.3) is 0 Å². The first-order valence-corrected chi connectivity index (χ1v) is 9.06. The van der Waals surface area contributed by atoms with Crippen molar-refractivity contribution in [2.75, 3.05) is 19.6 Å². The Morgan fingerprint density at radius 1 is 1.08 bits per heavy atom. The number of carbonyl (C=O) groups is 2. The Labute approximate surface area is 154 Å². The van der Waals surface area contributed by atoms with Gasteiger partial charge in [0.25, 0.3) is 5.91 Å². The van der Waals surface area contributed by atoms with Gasteiger partial charge in [0, 0.05) is 26.2 Å². The zero-order chi connectivity index (χ0) is 18.8. The lowest BCUT2D eigenvalue weighted by atomic mass is 10.1. The third-order valence-electron chi connectivity index (χ3n) is 4.68. The predicted molar refractivity (Wildman–Crippen MR) is 99.9 cm³/mol. The van der Waals surface area contributed by atoms with Crippen LogP contribution < -0.4 is 0 Å². The summed E-state index contributed by atoms with van der Waals surface area (Å²) in [5.41, 5.74) is 4.90. The monoisotopic (exact) mass is 354 g/mol. The number of carbonyl (C=O) groups excluding carboxylic acids is 2. The fourth-order valence-electron chi connectivity index (χ4n) is 3.55. The minimum absolute atomic E-state index is 0.0111. The number of aromatic nitrogens is 2. The molecule has 1 aromatic heterocycles. The van der Waals surface area contributed by atoms with Gasteiger partial charge in [-0.05, 0) is 39.3 Å². The molecule has 2 amide bonds. The summed E-state index contributed by atoms with van der Waals surface area (Å²) in [5, 5.41) is 4.33. The van der Waals surface area contributed by atoms with Crippen LogP contribution in [-0.2, 0) is 17.9 Å². The number of hydrogen-bond donors (Lipinski definition) is 0. The van der Waals surface area contributed by atoms with Crippen LogP contribution >= 0.6 is 0 Å². The SMILES string of the molecule is CCn1nc(C)cc1C(=O)N1CCN(Cc2cc(C)cc(C)c2)C(=O)C1. The summed E-state index contributed by atoms with van der Waals surface area (Å²) in [4.78, 5) is 28.8. The number of aryl methyl sites for hydroxylation is 4. The second kappa shape index (κ2) is 7.32. The molecule has 2 heterocycles. The Hall–Kier alpha value is -2.63. The Morgan fingerprint density at radius 2 is 1.77 bits per heavy atom. The lowest BCUT2D eigenvalue weighted by molar-refractivity contribution is -0.135. The van der Waals surface area contributed by atoms with E-state index in [2.05, 4.69) is 37.1 Å². The van der Waals surface area contributed by atoms with Crippen molar-refractivity contribution in [3.63, 3.8) is 0 Å². The van der Waals surface area contributed by atoms with Gasteiger partial charge in [-0.3, -0.25) is 14.3 Å². The first-order valence-electron chi connectivity index (χ1n) is 9.06. The predicted octanol–water partition coefficient (Wildman–Crippen LogP) is 2.31. The zero-order valence-electron chi connectivity index (χ0n) is 16.0. The molecule has 0 unspecified atom stereocenters. The van der Waals surface area contributed by atoms with Gasteiger partial charge in [-0.2, -0.15) is 5.10 Å². The molecule has 6 nitrogen and oxygen atoms in total. The van der Waals surface area contributed by atoms with Gasteiger partial charge in [0.1, 0.15) is 12.2 Å². The average Bonchev–Trinajstić information content (AvgIpc) is 2.96. The highest BCUT2D eigenvalue weighted by atomic mass is 16.2. The Bertz CT molecular complexity index is 820. The van der Waals surface area contributed by atoms with Crippen molar-refractivity contribution in [1.29, 1.82) is 0 Å². The molecule has 1 saturated heterocycles. The molecule has 1 fully saturated rings. The molecule has 6 heteroatoms. The molecule has 3 rings (SSSR count). The highest BCUT2D eigenvalue weighted by Crippen LogP contribution is 2.15. The van der Waals surface area contributed by atoms with E-state index in [0.717, 1.165) is 11.3 Å². The van der Waals surface area contributed by atoms with Crippen LogP contribution in [0.1, 0.15) is 39.8 Å². The van der Waals surface area contributed by atoms with E-state index in [-0.39, 0.29) is 18.4 Å². The fraction of sp³-hybridized carbons (Fsp3) is 0.450. The van der Waals surface area contributed by atoms with Crippen LogP contribution in [-0.4, -0.2) is 51.0 Å². The van der Waals surface area contributed by atoms with Crippen molar-refractivity contribution < 1.29 is 9.59 Å². The van der Waals surface area contributed by atoms with Crippen molar-refractivity contribution in [3.05, 3.63) is 52.3 Å². The quantitative estimate of drug-likeness (QED) is 0.847. The van der Waals surface area contributed by atoms with Crippen LogP contribution in [0.5, 0.6) is 0 Å². The maximum absolute atomic E-state index is 12.8. The minimum atomic E-state index is -0.119. The van der Waals surface area contributed by atoms with Crippen molar-refractivity contribution in [2.45, 2.75) is 40.8 Å². The Balaban J connectivity index is 1.68. The fourth-order valence-corrected chi connectivity index (χ4v) is 3.55. The molecule has 1 aliphatic heterocycles. The minimum Gasteiger partial charge on any atom is -0.335 e. The number of piperazine rings is 1. The van der Waals surface area contributed by atoms with Gasteiger partial charge in [0.15, 0.2) is 0 Å². The van der Waals surface area contributed by atoms with Crippen molar-refractivity contribution >= 4 is 11.8 Å². The second-order valence-electron chi connectivity index (χ2n) is 7.02. The molecule has 1 aliphatic rings. The van der Waals surface area contributed by atoms with E-state index >= 15 is 0 Å². The summed E-state index contributed by atoms with van der Waals surface area (Å²) >= 11 is 0. The van der Waals surface area contributed by atoms with E-state index in [1.165, 1.54) is 11.1 Å². The number of amides is 2. The molecular formula is C20H26N4O2. The number of rotatable bonds is 4. The summed E-state index contributed by atoms with van der Waals surface area (Å²) < 4.78 is 1.70. The first-order chi connectivity index (χ1) is 12.4. The van der Waals surface area contributed by atoms with Gasteiger partial charge in [-0.15, -0.1) is 0 Å². The van der Waals surface area contributed by atoms with E-state index in [9.17, 15) is 9.59 Å². The summed E-state index contributed by atoms with van der Waals surface area (Å²) in [6.07, 6.45) is 0. The molecule has 0 saturated carbocycles. The Morgan fingerprint density at radius 3 is 2.38 bits per heavy atom. The summed E-state index contributed by atoms with van der Waals surface area (Å²) in [6.45, 7) is 10.4. The van der Waals surface area contributed by atoms with Gasteiger partial charge in [-0.25, -0.2) is 0 Å².